The van der Waals surface area contributed by atoms with E-state index in [9.17, 15) is 14.0 Å². The summed E-state index contributed by atoms with van der Waals surface area (Å²) < 4.78 is 14.4. The third-order valence-electron chi connectivity index (χ3n) is 4.13. The van der Waals surface area contributed by atoms with Gasteiger partial charge in [-0.05, 0) is 42.5 Å². The first kappa shape index (κ1) is 22.6. The number of hydrogen-bond donors (Lipinski definition) is 5. The molecule has 0 saturated carbocycles. The number of aliphatic hydroxyl groups is 1. The molecule has 2 atom stereocenters. The Morgan fingerprint density at radius 3 is 2.41 bits per heavy atom. The van der Waals surface area contributed by atoms with Gasteiger partial charge in [-0.25, -0.2) is 9.18 Å². The Morgan fingerprint density at radius 2 is 1.89 bits per heavy atom. The standard InChI is InChI=1S/C19H29FN4O3/c1-12(2)17(21)16(20)10-14(4-3-9-23-19(22)27)18(26)24-15-7-5-13(11-25)6-8-15/h5-8,10,12,14,17,25H,3-4,9,11,21H2,1-2H3,(H,24,26)(H3,22,23,27). The number of nitrogens with one attached hydrogen (secondary N) is 2. The average molecular weight is 380 g/mol. The Hall–Kier alpha value is -2.45. The number of aliphatic hydroxyl groups excluding tert-OH is 1. The number of primary amides is 1. The van der Waals surface area contributed by atoms with Crippen LogP contribution in [0.1, 0.15) is 32.3 Å². The average Bonchev–Trinajstić information content (AvgIpc) is 2.63. The van der Waals surface area contributed by atoms with Gasteiger partial charge in [0.1, 0.15) is 5.83 Å². The van der Waals surface area contributed by atoms with Crippen molar-refractivity contribution in [3.8, 4) is 0 Å². The fourth-order valence-corrected chi connectivity index (χ4v) is 2.37. The summed E-state index contributed by atoms with van der Waals surface area (Å²) in [6, 6.07) is 5.26. The number of halogens is 1. The summed E-state index contributed by atoms with van der Waals surface area (Å²) in [4.78, 5) is 23.3. The van der Waals surface area contributed by atoms with Crippen LogP contribution in [0.2, 0.25) is 0 Å². The van der Waals surface area contributed by atoms with Gasteiger partial charge in [0, 0.05) is 12.2 Å². The molecule has 0 aliphatic heterocycles. The summed E-state index contributed by atoms with van der Waals surface area (Å²) in [6.45, 7) is 3.79. The highest BCUT2D eigenvalue weighted by Crippen LogP contribution is 2.19. The maximum atomic E-state index is 14.4. The van der Waals surface area contributed by atoms with Crippen LogP contribution in [0.15, 0.2) is 36.2 Å². The van der Waals surface area contributed by atoms with E-state index < -0.39 is 23.8 Å². The van der Waals surface area contributed by atoms with Crippen LogP contribution in [0, 0.1) is 11.8 Å². The number of carbonyl (C=O) groups is 2. The summed E-state index contributed by atoms with van der Waals surface area (Å²) >= 11 is 0. The molecule has 2 unspecified atom stereocenters. The predicted octanol–water partition coefficient (Wildman–Crippen LogP) is 2.02. The fourth-order valence-electron chi connectivity index (χ4n) is 2.37. The van der Waals surface area contributed by atoms with Gasteiger partial charge in [0.25, 0.3) is 0 Å². The van der Waals surface area contributed by atoms with Crippen molar-refractivity contribution in [1.82, 2.24) is 5.32 Å². The van der Waals surface area contributed by atoms with Gasteiger partial charge in [-0.3, -0.25) is 4.79 Å². The van der Waals surface area contributed by atoms with Crippen molar-refractivity contribution >= 4 is 17.6 Å². The zero-order valence-corrected chi connectivity index (χ0v) is 15.7. The van der Waals surface area contributed by atoms with E-state index in [0.717, 1.165) is 5.56 Å². The number of carbonyl (C=O) groups excluding carboxylic acids is 2. The highest BCUT2D eigenvalue weighted by Gasteiger charge is 2.21. The van der Waals surface area contributed by atoms with Gasteiger partial charge in [0.2, 0.25) is 5.91 Å². The molecule has 0 aliphatic carbocycles. The first-order valence-electron chi connectivity index (χ1n) is 8.91. The Kier molecular flexibility index (Phi) is 9.46. The Morgan fingerprint density at radius 1 is 1.26 bits per heavy atom. The van der Waals surface area contributed by atoms with E-state index in [1.165, 1.54) is 6.08 Å². The van der Waals surface area contributed by atoms with Gasteiger partial charge in [0.15, 0.2) is 0 Å². The maximum Gasteiger partial charge on any atom is 0.312 e. The van der Waals surface area contributed by atoms with Gasteiger partial charge in [-0.15, -0.1) is 0 Å². The number of rotatable bonds is 10. The van der Waals surface area contributed by atoms with Crippen LogP contribution in [0.3, 0.4) is 0 Å². The van der Waals surface area contributed by atoms with Crippen molar-refractivity contribution in [2.45, 2.75) is 39.3 Å². The zero-order chi connectivity index (χ0) is 20.4. The lowest BCUT2D eigenvalue weighted by Crippen LogP contribution is -2.31. The first-order valence-corrected chi connectivity index (χ1v) is 8.91. The van der Waals surface area contributed by atoms with Gasteiger partial charge >= 0.3 is 6.03 Å². The van der Waals surface area contributed by atoms with E-state index in [1.807, 2.05) is 0 Å². The van der Waals surface area contributed by atoms with Crippen LogP contribution in [0.5, 0.6) is 0 Å². The summed E-state index contributed by atoms with van der Waals surface area (Å²) in [6.07, 6.45) is 2.01. The van der Waals surface area contributed by atoms with Crippen molar-refractivity contribution in [2.24, 2.45) is 23.3 Å². The molecule has 0 fully saturated rings. The third kappa shape index (κ3) is 8.19. The maximum absolute atomic E-state index is 14.4. The van der Waals surface area contributed by atoms with E-state index in [1.54, 1.807) is 38.1 Å². The summed E-state index contributed by atoms with van der Waals surface area (Å²) in [5, 5.41) is 14.2. The quantitative estimate of drug-likeness (QED) is 0.397. The van der Waals surface area contributed by atoms with E-state index in [0.29, 0.717) is 18.5 Å². The molecule has 1 rings (SSSR count). The van der Waals surface area contributed by atoms with Crippen LogP contribution in [0.4, 0.5) is 14.9 Å². The lowest BCUT2D eigenvalue weighted by molar-refractivity contribution is -0.118. The lowest BCUT2D eigenvalue weighted by Gasteiger charge is -2.18. The van der Waals surface area contributed by atoms with Gasteiger partial charge < -0.3 is 27.2 Å². The van der Waals surface area contributed by atoms with Crippen LogP contribution in [-0.2, 0) is 11.4 Å². The minimum absolute atomic E-state index is 0.0925. The fraction of sp³-hybridized carbons (Fsp3) is 0.474. The topological polar surface area (TPSA) is 130 Å². The molecule has 3 amide bonds. The zero-order valence-electron chi connectivity index (χ0n) is 15.7. The minimum atomic E-state index is -0.784. The number of anilines is 1. The van der Waals surface area contributed by atoms with Gasteiger partial charge in [-0.2, -0.15) is 0 Å². The predicted molar refractivity (Wildman–Crippen MR) is 103 cm³/mol. The SMILES string of the molecule is CC(C)C(N)C(F)=CC(CCCNC(N)=O)C(=O)Nc1ccc(CO)cc1. The van der Waals surface area contributed by atoms with Crippen molar-refractivity contribution < 1.29 is 19.1 Å². The van der Waals surface area contributed by atoms with E-state index in [2.05, 4.69) is 10.6 Å². The molecule has 1 aromatic carbocycles. The molecule has 7 N–H and O–H groups in total. The van der Waals surface area contributed by atoms with Crippen molar-refractivity contribution in [3.63, 3.8) is 0 Å². The largest absolute Gasteiger partial charge is 0.392 e. The molecular weight excluding hydrogens is 351 g/mol. The second-order valence-corrected chi connectivity index (χ2v) is 6.71. The van der Waals surface area contributed by atoms with Gasteiger partial charge in [-0.1, -0.05) is 26.0 Å². The normalized spacial score (nSPS) is 13.9. The molecule has 8 heteroatoms. The number of benzene rings is 1. The molecule has 27 heavy (non-hydrogen) atoms. The first-order chi connectivity index (χ1) is 12.7. The van der Waals surface area contributed by atoms with E-state index >= 15 is 0 Å². The number of hydrogen-bond acceptors (Lipinski definition) is 4. The van der Waals surface area contributed by atoms with Crippen LogP contribution in [-0.4, -0.2) is 29.6 Å². The Bertz CT molecular complexity index is 647. The molecule has 0 aliphatic rings. The van der Waals surface area contributed by atoms with E-state index in [-0.39, 0.29) is 25.0 Å². The van der Waals surface area contributed by atoms with Gasteiger partial charge in [0.05, 0.1) is 18.6 Å². The Balaban J connectivity index is 2.84. The molecule has 0 saturated heterocycles. The molecule has 7 nitrogen and oxygen atoms in total. The molecular formula is C19H29FN4O3. The lowest BCUT2D eigenvalue weighted by atomic mass is 9.97. The van der Waals surface area contributed by atoms with Crippen molar-refractivity contribution in [2.75, 3.05) is 11.9 Å². The summed E-state index contributed by atoms with van der Waals surface area (Å²) in [5.41, 5.74) is 12.1. The molecule has 1 aromatic rings. The second kappa shape index (κ2) is 11.3. The monoisotopic (exact) mass is 380 g/mol. The van der Waals surface area contributed by atoms with Crippen LogP contribution >= 0.6 is 0 Å². The summed E-state index contributed by atoms with van der Waals surface area (Å²) in [7, 11) is 0. The molecule has 0 aromatic heterocycles. The second-order valence-electron chi connectivity index (χ2n) is 6.71. The minimum Gasteiger partial charge on any atom is -0.392 e. The molecule has 150 valence electrons. The number of urea groups is 1. The molecule has 0 radical (unpaired) electrons. The molecule has 0 heterocycles. The smallest absolute Gasteiger partial charge is 0.312 e. The summed E-state index contributed by atoms with van der Waals surface area (Å²) in [5.74, 6) is -1.77. The van der Waals surface area contributed by atoms with Crippen molar-refractivity contribution in [3.05, 3.63) is 41.7 Å². The van der Waals surface area contributed by atoms with Crippen molar-refractivity contribution in [1.29, 1.82) is 0 Å². The molecule has 0 spiro atoms. The number of amides is 3. The third-order valence-corrected chi connectivity index (χ3v) is 4.13. The van der Waals surface area contributed by atoms with Crippen LogP contribution < -0.4 is 22.1 Å². The molecule has 0 bridgehead atoms. The Labute approximate surface area is 159 Å². The van der Waals surface area contributed by atoms with Crippen LogP contribution in [0.25, 0.3) is 0 Å². The highest BCUT2D eigenvalue weighted by molar-refractivity contribution is 5.93. The highest BCUT2D eigenvalue weighted by atomic mass is 19.1. The number of nitrogens with two attached hydrogens (primary N) is 2. The van der Waals surface area contributed by atoms with E-state index in [4.69, 9.17) is 16.6 Å².